The summed E-state index contributed by atoms with van der Waals surface area (Å²) < 4.78 is 22.3. The number of hydrogen-bond acceptors (Lipinski definition) is 3. The molecule has 0 radical (unpaired) electrons. The van der Waals surface area contributed by atoms with E-state index in [4.69, 9.17) is 5.14 Å². The third kappa shape index (κ3) is 5.16. The van der Waals surface area contributed by atoms with Gasteiger partial charge in [0, 0.05) is 11.9 Å². The van der Waals surface area contributed by atoms with Gasteiger partial charge in [-0.3, -0.25) is 0 Å². The number of anilines is 1. The van der Waals surface area contributed by atoms with Crippen LogP contribution >= 0.6 is 0 Å². The molecule has 0 saturated heterocycles. The number of sulfonamides is 1. The van der Waals surface area contributed by atoms with Gasteiger partial charge in [0.05, 0.1) is 4.90 Å². The Morgan fingerprint density at radius 1 is 1.14 bits per heavy atom. The summed E-state index contributed by atoms with van der Waals surface area (Å²) >= 11 is 0. The summed E-state index contributed by atoms with van der Waals surface area (Å²) in [5, 5.41) is 10.3. The molecule has 0 spiro atoms. The van der Waals surface area contributed by atoms with E-state index in [-0.39, 0.29) is 10.9 Å². The predicted octanol–water partition coefficient (Wildman–Crippen LogP) is 2.55. The second-order valence-corrected chi connectivity index (χ2v) is 6.99. The first-order valence-electron chi connectivity index (χ1n) is 7.32. The third-order valence-electron chi connectivity index (χ3n) is 3.67. The first-order valence-corrected chi connectivity index (χ1v) is 8.87. The van der Waals surface area contributed by atoms with Gasteiger partial charge in [0.25, 0.3) is 0 Å². The molecule has 22 heavy (non-hydrogen) atoms. The van der Waals surface area contributed by atoms with E-state index in [0.717, 1.165) is 0 Å². The van der Waals surface area contributed by atoms with Crippen molar-refractivity contribution in [1.29, 1.82) is 0 Å². The van der Waals surface area contributed by atoms with E-state index in [1.807, 2.05) is 6.08 Å². The van der Waals surface area contributed by atoms with Crippen LogP contribution < -0.4 is 15.8 Å². The average Bonchev–Trinajstić information content (AvgIpc) is 2.48. The lowest BCUT2D eigenvalue weighted by atomic mass is 9.89. The van der Waals surface area contributed by atoms with Crippen LogP contribution in [0.5, 0.6) is 0 Å². The summed E-state index contributed by atoms with van der Waals surface area (Å²) in [6, 6.07) is 5.32. The minimum Gasteiger partial charge on any atom is -0.315 e. The summed E-state index contributed by atoms with van der Waals surface area (Å²) in [6.07, 6.45) is 9.85. The molecule has 1 aromatic carbocycles. The van der Waals surface area contributed by atoms with Crippen molar-refractivity contribution in [3.05, 3.63) is 36.5 Å². The van der Waals surface area contributed by atoms with E-state index < -0.39 is 10.0 Å². The van der Waals surface area contributed by atoms with Crippen molar-refractivity contribution in [1.82, 2.24) is 5.32 Å². The smallest absolute Gasteiger partial charge is 0.315 e. The molecular weight excluding hydrogens is 302 g/mol. The van der Waals surface area contributed by atoms with E-state index >= 15 is 0 Å². The number of amides is 2. The molecule has 4 N–H and O–H groups in total. The molecule has 1 fully saturated rings. The van der Waals surface area contributed by atoms with Gasteiger partial charge in [-0.15, -0.1) is 0 Å². The van der Waals surface area contributed by atoms with E-state index in [9.17, 15) is 13.2 Å². The molecule has 0 unspecified atom stereocenters. The number of nitrogens with two attached hydrogens (primary N) is 1. The molecule has 0 bridgehead atoms. The highest BCUT2D eigenvalue weighted by Crippen LogP contribution is 2.24. The number of nitrogens with one attached hydrogen (secondary N) is 2. The van der Waals surface area contributed by atoms with Crippen LogP contribution in [0.1, 0.15) is 32.1 Å². The number of benzene rings is 1. The Labute approximate surface area is 130 Å². The number of hydrogen-bond donors (Lipinski definition) is 3. The fraction of sp³-hybridized carbons (Fsp3) is 0.400. The topological polar surface area (TPSA) is 101 Å². The van der Waals surface area contributed by atoms with Gasteiger partial charge in [-0.05, 0) is 43.0 Å². The number of carbonyl (C=O) groups excluding carboxylic acids is 1. The van der Waals surface area contributed by atoms with Gasteiger partial charge < -0.3 is 10.6 Å². The quantitative estimate of drug-likeness (QED) is 0.793. The fourth-order valence-electron chi connectivity index (χ4n) is 2.48. The summed E-state index contributed by atoms with van der Waals surface area (Å²) in [5.74, 6) is 0.545. The highest BCUT2D eigenvalue weighted by Gasteiger charge is 2.10. The van der Waals surface area contributed by atoms with Crippen molar-refractivity contribution in [3.63, 3.8) is 0 Å². The molecule has 2 amide bonds. The molecule has 0 aromatic heterocycles. The molecule has 0 atom stereocenters. The second-order valence-electron chi connectivity index (χ2n) is 5.43. The second kappa shape index (κ2) is 7.42. The van der Waals surface area contributed by atoms with E-state index in [1.54, 1.807) is 6.20 Å². The zero-order chi connectivity index (χ0) is 16.0. The Hall–Kier alpha value is -1.86. The van der Waals surface area contributed by atoms with Crippen LogP contribution in [-0.2, 0) is 10.0 Å². The molecule has 120 valence electrons. The predicted molar refractivity (Wildman–Crippen MR) is 85.7 cm³/mol. The number of rotatable bonds is 4. The van der Waals surface area contributed by atoms with Crippen LogP contribution in [0, 0.1) is 5.92 Å². The maximum Gasteiger partial charge on any atom is 0.323 e. The molecular formula is C15H21N3O3S. The zero-order valence-electron chi connectivity index (χ0n) is 12.3. The van der Waals surface area contributed by atoms with Gasteiger partial charge >= 0.3 is 6.03 Å². The average molecular weight is 323 g/mol. The van der Waals surface area contributed by atoms with Gasteiger partial charge in [-0.2, -0.15) is 0 Å². The lowest BCUT2D eigenvalue weighted by Gasteiger charge is -2.17. The van der Waals surface area contributed by atoms with Crippen LogP contribution in [0.25, 0.3) is 0 Å². The van der Waals surface area contributed by atoms with Crippen molar-refractivity contribution in [3.8, 4) is 0 Å². The molecule has 0 aliphatic heterocycles. The minimum absolute atomic E-state index is 0.00986. The number of urea groups is 1. The van der Waals surface area contributed by atoms with E-state index in [2.05, 4.69) is 10.6 Å². The largest absolute Gasteiger partial charge is 0.323 e. The normalized spacial score (nSPS) is 16.6. The molecule has 1 aliphatic carbocycles. The maximum atomic E-state index is 11.7. The van der Waals surface area contributed by atoms with Crippen molar-refractivity contribution < 1.29 is 13.2 Å². The van der Waals surface area contributed by atoms with Crippen LogP contribution in [0.15, 0.2) is 41.4 Å². The molecule has 0 heterocycles. The molecule has 1 aliphatic rings. The van der Waals surface area contributed by atoms with Crippen molar-refractivity contribution in [2.24, 2.45) is 11.1 Å². The lowest BCUT2D eigenvalue weighted by Crippen LogP contribution is -2.24. The fourth-order valence-corrected chi connectivity index (χ4v) is 3.00. The highest BCUT2D eigenvalue weighted by atomic mass is 32.2. The van der Waals surface area contributed by atoms with Crippen LogP contribution in [-0.4, -0.2) is 14.4 Å². The first-order chi connectivity index (χ1) is 10.4. The van der Waals surface area contributed by atoms with Crippen LogP contribution in [0.2, 0.25) is 0 Å². The monoisotopic (exact) mass is 323 g/mol. The summed E-state index contributed by atoms with van der Waals surface area (Å²) in [4.78, 5) is 11.7. The summed E-state index contributed by atoms with van der Waals surface area (Å²) in [6.45, 7) is 0. The van der Waals surface area contributed by atoms with Crippen LogP contribution in [0.3, 0.4) is 0 Å². The van der Waals surface area contributed by atoms with E-state index in [0.29, 0.717) is 11.6 Å². The zero-order valence-corrected chi connectivity index (χ0v) is 13.1. The van der Waals surface area contributed by atoms with Crippen molar-refractivity contribution in [2.45, 2.75) is 37.0 Å². The van der Waals surface area contributed by atoms with Gasteiger partial charge in [0.15, 0.2) is 0 Å². The molecule has 1 saturated carbocycles. The summed E-state index contributed by atoms with van der Waals surface area (Å²) in [7, 11) is -3.71. The molecule has 1 aromatic rings. The van der Waals surface area contributed by atoms with Gasteiger partial charge in [0.2, 0.25) is 10.0 Å². The van der Waals surface area contributed by atoms with Gasteiger partial charge in [-0.1, -0.05) is 25.3 Å². The van der Waals surface area contributed by atoms with Gasteiger partial charge in [-0.25, -0.2) is 18.4 Å². The number of primary sulfonamides is 1. The van der Waals surface area contributed by atoms with E-state index in [1.165, 1.54) is 56.4 Å². The number of allylic oxidation sites excluding steroid dienone is 1. The van der Waals surface area contributed by atoms with Crippen molar-refractivity contribution >= 4 is 21.7 Å². The third-order valence-corrected chi connectivity index (χ3v) is 4.60. The van der Waals surface area contributed by atoms with Gasteiger partial charge in [0.1, 0.15) is 0 Å². The molecule has 2 rings (SSSR count). The Morgan fingerprint density at radius 3 is 2.36 bits per heavy atom. The maximum absolute atomic E-state index is 11.7. The molecule has 6 nitrogen and oxygen atoms in total. The van der Waals surface area contributed by atoms with Crippen LogP contribution in [0.4, 0.5) is 10.5 Å². The Balaban J connectivity index is 1.82. The SMILES string of the molecule is NS(=O)(=O)c1ccc(NC(=O)N/C=C/C2CCCCC2)cc1. The summed E-state index contributed by atoms with van der Waals surface area (Å²) in [5.41, 5.74) is 0.496. The number of carbonyl (C=O) groups is 1. The Morgan fingerprint density at radius 2 is 1.77 bits per heavy atom. The Kier molecular flexibility index (Phi) is 5.57. The Bertz CT molecular complexity index is 633. The standard InChI is InChI=1S/C15H21N3O3S/c16-22(20,21)14-8-6-13(7-9-14)18-15(19)17-11-10-12-4-2-1-3-5-12/h6-12H,1-5H2,(H2,16,20,21)(H2,17,18,19)/b11-10+. The first kappa shape index (κ1) is 16.5. The van der Waals surface area contributed by atoms with Crippen molar-refractivity contribution in [2.75, 3.05) is 5.32 Å². The lowest BCUT2D eigenvalue weighted by molar-refractivity contribution is 0.255. The minimum atomic E-state index is -3.71. The highest BCUT2D eigenvalue weighted by molar-refractivity contribution is 7.89. The molecule has 7 heteroatoms.